The monoisotopic (exact) mass is 292 g/mol. The van der Waals surface area contributed by atoms with Crippen LogP contribution in [-0.4, -0.2) is 44.3 Å². The summed E-state index contributed by atoms with van der Waals surface area (Å²) in [5.74, 6) is 0.548. The lowest BCUT2D eigenvalue weighted by Crippen LogP contribution is -2.40. The van der Waals surface area contributed by atoms with Crippen LogP contribution < -0.4 is 5.32 Å². The van der Waals surface area contributed by atoms with Crippen LogP contribution >= 0.6 is 0 Å². The highest BCUT2D eigenvalue weighted by molar-refractivity contribution is 5.19. The lowest BCUT2D eigenvalue weighted by Gasteiger charge is -2.33. The Bertz CT molecular complexity index is 367. The van der Waals surface area contributed by atoms with E-state index >= 15 is 0 Å². The lowest BCUT2D eigenvalue weighted by atomic mass is 9.93. The number of methoxy groups -OCH3 is 1. The summed E-state index contributed by atoms with van der Waals surface area (Å²) in [5.41, 5.74) is 1.38. The van der Waals surface area contributed by atoms with Crippen LogP contribution in [-0.2, 0) is 4.74 Å². The van der Waals surface area contributed by atoms with E-state index < -0.39 is 0 Å². The summed E-state index contributed by atoms with van der Waals surface area (Å²) < 4.78 is 5.24. The van der Waals surface area contributed by atoms with Gasteiger partial charge in [0.15, 0.2) is 0 Å². The van der Waals surface area contributed by atoms with Crippen LogP contribution in [0.15, 0.2) is 30.3 Å². The minimum atomic E-state index is 0.403. The molecule has 0 aliphatic heterocycles. The van der Waals surface area contributed by atoms with Gasteiger partial charge in [0.1, 0.15) is 0 Å². The van der Waals surface area contributed by atoms with Crippen molar-refractivity contribution in [2.45, 2.75) is 39.8 Å². The Morgan fingerprint density at radius 1 is 1.14 bits per heavy atom. The molecule has 0 saturated carbocycles. The van der Waals surface area contributed by atoms with Gasteiger partial charge in [0, 0.05) is 32.3 Å². The maximum atomic E-state index is 5.24. The van der Waals surface area contributed by atoms with E-state index in [0.29, 0.717) is 18.0 Å². The van der Waals surface area contributed by atoms with Gasteiger partial charge in [-0.1, -0.05) is 44.2 Å². The minimum Gasteiger partial charge on any atom is -0.383 e. The summed E-state index contributed by atoms with van der Waals surface area (Å²) in [6, 6.07) is 11.7. The molecular weight excluding hydrogens is 260 g/mol. The number of hydrogen-bond donors (Lipinski definition) is 1. The van der Waals surface area contributed by atoms with E-state index in [-0.39, 0.29) is 0 Å². The molecule has 1 aromatic rings. The quantitative estimate of drug-likeness (QED) is 0.716. The highest BCUT2D eigenvalue weighted by atomic mass is 16.5. The largest absolute Gasteiger partial charge is 0.383 e. The molecular formula is C18H32N2O. The second-order valence-corrected chi connectivity index (χ2v) is 6.00. The SMILES string of the molecule is CCNC(c1ccccc1)C(C)CN(CCOC)C(C)C. The van der Waals surface area contributed by atoms with Crippen LogP contribution in [0.25, 0.3) is 0 Å². The van der Waals surface area contributed by atoms with E-state index in [1.54, 1.807) is 7.11 Å². The summed E-state index contributed by atoms with van der Waals surface area (Å²) in [6.45, 7) is 12.9. The summed E-state index contributed by atoms with van der Waals surface area (Å²) in [5, 5.41) is 3.64. The average molecular weight is 292 g/mol. The molecule has 1 N–H and O–H groups in total. The van der Waals surface area contributed by atoms with Gasteiger partial charge in [-0.25, -0.2) is 0 Å². The summed E-state index contributed by atoms with van der Waals surface area (Å²) in [6.07, 6.45) is 0. The Morgan fingerprint density at radius 2 is 1.81 bits per heavy atom. The van der Waals surface area contributed by atoms with Gasteiger partial charge in [-0.3, -0.25) is 4.90 Å². The zero-order chi connectivity index (χ0) is 15.7. The molecule has 2 unspecified atom stereocenters. The third-order valence-electron chi connectivity index (χ3n) is 3.99. The summed E-state index contributed by atoms with van der Waals surface area (Å²) in [4.78, 5) is 2.50. The number of nitrogens with one attached hydrogen (secondary N) is 1. The highest BCUT2D eigenvalue weighted by Gasteiger charge is 2.21. The zero-order valence-corrected chi connectivity index (χ0v) is 14.3. The Balaban J connectivity index is 2.73. The predicted molar refractivity (Wildman–Crippen MR) is 90.6 cm³/mol. The van der Waals surface area contributed by atoms with Crippen LogP contribution in [0.1, 0.15) is 39.3 Å². The first kappa shape index (κ1) is 18.1. The maximum absolute atomic E-state index is 5.24. The van der Waals surface area contributed by atoms with Crippen molar-refractivity contribution >= 4 is 0 Å². The average Bonchev–Trinajstić information content (AvgIpc) is 2.49. The molecule has 0 aromatic heterocycles. The van der Waals surface area contributed by atoms with E-state index in [1.165, 1.54) is 5.56 Å². The molecule has 0 saturated heterocycles. The first-order valence-corrected chi connectivity index (χ1v) is 8.11. The van der Waals surface area contributed by atoms with Crippen molar-refractivity contribution in [1.29, 1.82) is 0 Å². The first-order chi connectivity index (χ1) is 10.1. The summed E-state index contributed by atoms with van der Waals surface area (Å²) in [7, 11) is 1.77. The van der Waals surface area contributed by atoms with Gasteiger partial charge in [-0.05, 0) is 31.9 Å². The molecule has 0 aliphatic rings. The maximum Gasteiger partial charge on any atom is 0.0589 e. The van der Waals surface area contributed by atoms with Crippen LogP contribution in [0.5, 0.6) is 0 Å². The molecule has 0 bridgehead atoms. The fourth-order valence-corrected chi connectivity index (χ4v) is 2.77. The number of benzene rings is 1. The molecule has 0 radical (unpaired) electrons. The van der Waals surface area contributed by atoms with Gasteiger partial charge in [-0.15, -0.1) is 0 Å². The van der Waals surface area contributed by atoms with Crippen molar-refractivity contribution in [2.24, 2.45) is 5.92 Å². The molecule has 0 spiro atoms. The van der Waals surface area contributed by atoms with E-state index in [2.05, 4.69) is 68.2 Å². The fraction of sp³-hybridized carbons (Fsp3) is 0.667. The van der Waals surface area contributed by atoms with Gasteiger partial charge in [0.25, 0.3) is 0 Å². The van der Waals surface area contributed by atoms with Crippen molar-refractivity contribution in [3.63, 3.8) is 0 Å². The Labute approximate surface area is 130 Å². The van der Waals surface area contributed by atoms with Crippen LogP contribution in [0.2, 0.25) is 0 Å². The van der Waals surface area contributed by atoms with Crippen molar-refractivity contribution in [3.8, 4) is 0 Å². The lowest BCUT2D eigenvalue weighted by molar-refractivity contribution is 0.112. The number of nitrogens with zero attached hydrogens (tertiary/aromatic N) is 1. The Hall–Kier alpha value is -0.900. The predicted octanol–water partition coefficient (Wildman–Crippen LogP) is 3.33. The third kappa shape index (κ3) is 6.16. The van der Waals surface area contributed by atoms with Crippen molar-refractivity contribution in [1.82, 2.24) is 10.2 Å². The van der Waals surface area contributed by atoms with Gasteiger partial charge in [-0.2, -0.15) is 0 Å². The van der Waals surface area contributed by atoms with Gasteiger partial charge < -0.3 is 10.1 Å². The molecule has 0 aliphatic carbocycles. The van der Waals surface area contributed by atoms with Gasteiger partial charge in [0.2, 0.25) is 0 Å². The van der Waals surface area contributed by atoms with Crippen LogP contribution in [0, 0.1) is 5.92 Å². The normalized spacial score (nSPS) is 14.6. The number of rotatable bonds is 10. The molecule has 0 amide bonds. The molecule has 3 nitrogen and oxygen atoms in total. The van der Waals surface area contributed by atoms with Crippen LogP contribution in [0.4, 0.5) is 0 Å². The molecule has 3 heteroatoms. The molecule has 21 heavy (non-hydrogen) atoms. The Kier molecular flexibility index (Phi) is 8.58. The molecule has 1 aromatic carbocycles. The summed E-state index contributed by atoms with van der Waals surface area (Å²) >= 11 is 0. The van der Waals surface area contributed by atoms with Crippen LogP contribution in [0.3, 0.4) is 0 Å². The van der Waals surface area contributed by atoms with Gasteiger partial charge in [0.05, 0.1) is 6.61 Å². The van der Waals surface area contributed by atoms with Crippen molar-refractivity contribution < 1.29 is 4.74 Å². The van der Waals surface area contributed by atoms with Crippen molar-refractivity contribution in [3.05, 3.63) is 35.9 Å². The van der Waals surface area contributed by atoms with Crippen molar-refractivity contribution in [2.75, 3.05) is 33.4 Å². The molecule has 120 valence electrons. The molecule has 2 atom stereocenters. The van der Waals surface area contributed by atoms with E-state index in [4.69, 9.17) is 4.74 Å². The second-order valence-electron chi connectivity index (χ2n) is 6.00. The second kappa shape index (κ2) is 9.93. The highest BCUT2D eigenvalue weighted by Crippen LogP contribution is 2.23. The molecule has 1 rings (SSSR count). The van der Waals surface area contributed by atoms with Gasteiger partial charge >= 0.3 is 0 Å². The minimum absolute atomic E-state index is 0.403. The number of hydrogen-bond acceptors (Lipinski definition) is 3. The third-order valence-corrected chi connectivity index (χ3v) is 3.99. The topological polar surface area (TPSA) is 24.5 Å². The number of ether oxygens (including phenoxy) is 1. The molecule has 0 fully saturated rings. The fourth-order valence-electron chi connectivity index (χ4n) is 2.77. The molecule has 0 heterocycles. The standard InChI is InChI=1S/C18H32N2O/c1-6-19-18(17-10-8-7-9-11-17)16(4)14-20(15(2)3)12-13-21-5/h7-11,15-16,18-19H,6,12-14H2,1-5H3. The zero-order valence-electron chi connectivity index (χ0n) is 14.3. The Morgan fingerprint density at radius 3 is 2.33 bits per heavy atom. The first-order valence-electron chi connectivity index (χ1n) is 8.11. The smallest absolute Gasteiger partial charge is 0.0589 e. The van der Waals surface area contributed by atoms with E-state index in [0.717, 1.165) is 26.2 Å². The van der Waals surface area contributed by atoms with E-state index in [9.17, 15) is 0 Å². The van der Waals surface area contributed by atoms with E-state index in [1.807, 2.05) is 0 Å².